The number of halogens is 1. The molecule has 2 aromatic carbocycles. The number of rotatable bonds is 3. The van der Waals surface area contributed by atoms with E-state index in [1.165, 1.54) is 23.0 Å². The van der Waals surface area contributed by atoms with Crippen LogP contribution in [0.15, 0.2) is 54.7 Å². The first-order chi connectivity index (χ1) is 10.6. The van der Waals surface area contributed by atoms with E-state index in [9.17, 15) is 9.18 Å². The van der Waals surface area contributed by atoms with Crippen LogP contribution in [-0.2, 0) is 0 Å². The molecule has 22 heavy (non-hydrogen) atoms. The highest BCUT2D eigenvalue weighted by molar-refractivity contribution is 6.02. The minimum Gasteiger partial charge on any atom is -0.318 e. The van der Waals surface area contributed by atoms with E-state index in [-0.39, 0.29) is 11.4 Å². The molecule has 0 aliphatic rings. The summed E-state index contributed by atoms with van der Waals surface area (Å²) in [5, 5.41) is 10.2. The van der Waals surface area contributed by atoms with Crippen molar-refractivity contribution in [3.05, 3.63) is 71.8 Å². The van der Waals surface area contributed by atoms with Gasteiger partial charge in [0.25, 0.3) is 5.91 Å². The van der Waals surface area contributed by atoms with Gasteiger partial charge in [0.2, 0.25) is 0 Å². The van der Waals surface area contributed by atoms with Gasteiger partial charge in [-0.15, -0.1) is 5.10 Å². The Kier molecular flexibility index (Phi) is 3.65. The number of carbonyl (C=O) groups excluding carboxylic acids is 1. The van der Waals surface area contributed by atoms with E-state index in [4.69, 9.17) is 0 Å². The van der Waals surface area contributed by atoms with Gasteiger partial charge >= 0.3 is 0 Å². The summed E-state index contributed by atoms with van der Waals surface area (Å²) < 4.78 is 15.2. The molecular formula is C16H13FN4O. The molecule has 5 nitrogen and oxygen atoms in total. The molecule has 0 unspecified atom stereocenters. The molecule has 0 aliphatic heterocycles. The van der Waals surface area contributed by atoms with Crippen LogP contribution < -0.4 is 5.32 Å². The fourth-order valence-corrected chi connectivity index (χ4v) is 1.98. The normalized spacial score (nSPS) is 10.5. The standard InChI is InChI=1S/C16H13FN4O/c1-11-7-8-14(13(17)9-11)18-16(22)15-10-21(20-19-15)12-5-3-2-4-6-12/h2-10H,1H3,(H,18,22). The van der Waals surface area contributed by atoms with E-state index in [2.05, 4.69) is 15.6 Å². The molecule has 0 saturated heterocycles. The molecule has 0 radical (unpaired) electrons. The Balaban J connectivity index is 1.80. The van der Waals surface area contributed by atoms with Crippen molar-refractivity contribution < 1.29 is 9.18 Å². The second-order valence-corrected chi connectivity index (χ2v) is 4.82. The summed E-state index contributed by atoms with van der Waals surface area (Å²) in [5.41, 5.74) is 1.80. The number of aromatic nitrogens is 3. The van der Waals surface area contributed by atoms with Gasteiger partial charge < -0.3 is 5.32 Å². The summed E-state index contributed by atoms with van der Waals surface area (Å²) in [6.07, 6.45) is 1.50. The van der Waals surface area contributed by atoms with Crippen LogP contribution in [0, 0.1) is 12.7 Å². The second kappa shape index (κ2) is 5.77. The Labute approximate surface area is 126 Å². The molecule has 6 heteroatoms. The van der Waals surface area contributed by atoms with E-state index in [1.807, 2.05) is 30.3 Å². The lowest BCUT2D eigenvalue weighted by molar-refractivity contribution is 0.102. The Hall–Kier alpha value is -3.02. The molecule has 0 bridgehead atoms. The molecule has 3 rings (SSSR count). The lowest BCUT2D eigenvalue weighted by Gasteiger charge is -2.04. The quantitative estimate of drug-likeness (QED) is 0.808. The number of para-hydroxylation sites is 1. The van der Waals surface area contributed by atoms with Crippen molar-refractivity contribution in [1.29, 1.82) is 0 Å². The first-order valence-electron chi connectivity index (χ1n) is 6.69. The van der Waals surface area contributed by atoms with Crippen LogP contribution in [0.1, 0.15) is 16.1 Å². The maximum absolute atomic E-state index is 13.7. The molecule has 1 heterocycles. The largest absolute Gasteiger partial charge is 0.318 e. The number of nitrogens with one attached hydrogen (secondary N) is 1. The molecule has 0 aliphatic carbocycles. The molecule has 0 saturated carbocycles. The molecule has 0 atom stereocenters. The number of aryl methyl sites for hydroxylation is 1. The van der Waals surface area contributed by atoms with Gasteiger partial charge in [-0.2, -0.15) is 0 Å². The minimum absolute atomic E-state index is 0.115. The van der Waals surface area contributed by atoms with Crippen molar-refractivity contribution in [1.82, 2.24) is 15.0 Å². The van der Waals surface area contributed by atoms with Crippen molar-refractivity contribution in [3.8, 4) is 5.69 Å². The van der Waals surface area contributed by atoms with Crippen molar-refractivity contribution in [3.63, 3.8) is 0 Å². The van der Waals surface area contributed by atoms with Crippen LogP contribution in [0.25, 0.3) is 5.69 Å². The summed E-state index contributed by atoms with van der Waals surface area (Å²) in [7, 11) is 0. The summed E-state index contributed by atoms with van der Waals surface area (Å²) in [6.45, 7) is 1.78. The first-order valence-corrected chi connectivity index (χ1v) is 6.69. The molecular weight excluding hydrogens is 283 g/mol. The predicted octanol–water partition coefficient (Wildman–Crippen LogP) is 2.97. The highest BCUT2D eigenvalue weighted by Crippen LogP contribution is 2.16. The van der Waals surface area contributed by atoms with E-state index >= 15 is 0 Å². The summed E-state index contributed by atoms with van der Waals surface area (Å²) in [5.74, 6) is -0.992. The average molecular weight is 296 g/mol. The third kappa shape index (κ3) is 2.85. The zero-order valence-corrected chi connectivity index (χ0v) is 11.8. The summed E-state index contributed by atoms with van der Waals surface area (Å²) in [4.78, 5) is 12.1. The van der Waals surface area contributed by atoms with E-state index in [1.54, 1.807) is 13.0 Å². The fourth-order valence-electron chi connectivity index (χ4n) is 1.98. The van der Waals surface area contributed by atoms with E-state index in [0.717, 1.165) is 11.3 Å². The van der Waals surface area contributed by atoms with Crippen LogP contribution in [-0.4, -0.2) is 20.9 Å². The van der Waals surface area contributed by atoms with E-state index < -0.39 is 11.7 Å². The molecule has 0 spiro atoms. The zero-order chi connectivity index (χ0) is 15.5. The molecule has 1 N–H and O–H groups in total. The maximum atomic E-state index is 13.7. The fraction of sp³-hybridized carbons (Fsp3) is 0.0625. The highest BCUT2D eigenvalue weighted by Gasteiger charge is 2.13. The smallest absolute Gasteiger partial charge is 0.277 e. The number of anilines is 1. The number of amides is 1. The van der Waals surface area contributed by atoms with Gasteiger partial charge in [-0.05, 0) is 36.8 Å². The Morgan fingerprint density at radius 2 is 1.95 bits per heavy atom. The average Bonchev–Trinajstić information content (AvgIpc) is 3.01. The maximum Gasteiger partial charge on any atom is 0.277 e. The molecule has 0 fully saturated rings. The first kappa shape index (κ1) is 13.9. The zero-order valence-electron chi connectivity index (χ0n) is 11.8. The van der Waals surface area contributed by atoms with Crippen LogP contribution in [0.3, 0.4) is 0 Å². The van der Waals surface area contributed by atoms with Gasteiger partial charge in [0.15, 0.2) is 5.69 Å². The number of nitrogens with zero attached hydrogens (tertiary/aromatic N) is 3. The second-order valence-electron chi connectivity index (χ2n) is 4.82. The van der Waals surface area contributed by atoms with Gasteiger partial charge in [0.1, 0.15) is 5.82 Å². The van der Waals surface area contributed by atoms with Gasteiger partial charge in [-0.1, -0.05) is 29.5 Å². The molecule has 1 amide bonds. The number of carbonyl (C=O) groups is 1. The SMILES string of the molecule is Cc1ccc(NC(=O)c2cn(-c3ccccc3)nn2)c(F)c1. The van der Waals surface area contributed by atoms with Crippen molar-refractivity contribution in [2.75, 3.05) is 5.32 Å². The lowest BCUT2D eigenvalue weighted by Crippen LogP contribution is -2.13. The minimum atomic E-state index is -0.509. The summed E-state index contributed by atoms with van der Waals surface area (Å²) in [6, 6.07) is 13.9. The third-order valence-electron chi connectivity index (χ3n) is 3.12. The van der Waals surface area contributed by atoms with Crippen molar-refractivity contribution >= 4 is 11.6 Å². The number of hydrogen-bond donors (Lipinski definition) is 1. The van der Waals surface area contributed by atoms with Crippen molar-refractivity contribution in [2.45, 2.75) is 6.92 Å². The Bertz CT molecular complexity index is 814. The number of benzene rings is 2. The highest BCUT2D eigenvalue weighted by atomic mass is 19.1. The van der Waals surface area contributed by atoms with Crippen molar-refractivity contribution in [2.24, 2.45) is 0 Å². The topological polar surface area (TPSA) is 59.8 Å². The van der Waals surface area contributed by atoms with Gasteiger partial charge in [0.05, 0.1) is 17.6 Å². The predicted molar refractivity (Wildman–Crippen MR) is 80.4 cm³/mol. The number of hydrogen-bond acceptors (Lipinski definition) is 3. The molecule has 1 aromatic heterocycles. The van der Waals surface area contributed by atoms with Crippen LogP contribution in [0.5, 0.6) is 0 Å². The van der Waals surface area contributed by atoms with E-state index in [0.29, 0.717) is 0 Å². The van der Waals surface area contributed by atoms with Crippen LogP contribution >= 0.6 is 0 Å². The van der Waals surface area contributed by atoms with Gasteiger partial charge in [-0.25, -0.2) is 9.07 Å². The molecule has 110 valence electrons. The summed E-state index contributed by atoms with van der Waals surface area (Å²) >= 11 is 0. The lowest BCUT2D eigenvalue weighted by atomic mass is 10.2. The third-order valence-corrected chi connectivity index (χ3v) is 3.12. The molecule has 3 aromatic rings. The van der Waals surface area contributed by atoms with Gasteiger partial charge in [-0.3, -0.25) is 4.79 Å². The van der Waals surface area contributed by atoms with Crippen LogP contribution in [0.4, 0.5) is 10.1 Å². The Morgan fingerprint density at radius 3 is 2.68 bits per heavy atom. The van der Waals surface area contributed by atoms with Crippen LogP contribution in [0.2, 0.25) is 0 Å². The van der Waals surface area contributed by atoms with Gasteiger partial charge in [0, 0.05) is 0 Å². The Morgan fingerprint density at radius 1 is 1.18 bits per heavy atom. The monoisotopic (exact) mass is 296 g/mol.